The van der Waals surface area contributed by atoms with Gasteiger partial charge in [-0.2, -0.15) is 10.2 Å². The van der Waals surface area contributed by atoms with Gasteiger partial charge < -0.3 is 15.7 Å². The minimum Gasteiger partial charge on any atom is -0.393 e. The molecule has 0 aliphatic heterocycles. The van der Waals surface area contributed by atoms with Gasteiger partial charge in [0.25, 0.3) is 0 Å². The van der Waals surface area contributed by atoms with Crippen molar-refractivity contribution in [2.45, 2.75) is 51.3 Å². The van der Waals surface area contributed by atoms with E-state index in [4.69, 9.17) is 0 Å². The number of aryl methyl sites for hydroxylation is 1. The number of nitriles is 1. The largest absolute Gasteiger partial charge is 0.393 e. The van der Waals surface area contributed by atoms with Gasteiger partial charge in [-0.25, -0.2) is 4.98 Å². The molecule has 3 N–H and O–H groups in total. The van der Waals surface area contributed by atoms with Gasteiger partial charge in [-0.05, 0) is 43.7 Å². The molecule has 1 heterocycles. The number of aromatic nitrogens is 2. The van der Waals surface area contributed by atoms with Crippen LogP contribution in [0.15, 0.2) is 30.5 Å². The highest BCUT2D eigenvalue weighted by Crippen LogP contribution is 2.23. The van der Waals surface area contributed by atoms with Gasteiger partial charge in [0.2, 0.25) is 5.95 Å². The summed E-state index contributed by atoms with van der Waals surface area (Å²) >= 11 is 0. The fourth-order valence-corrected chi connectivity index (χ4v) is 3.06. The molecule has 0 amide bonds. The normalized spacial score (nSPS) is 19.9. The van der Waals surface area contributed by atoms with Crippen molar-refractivity contribution in [1.29, 1.82) is 5.26 Å². The summed E-state index contributed by atoms with van der Waals surface area (Å²) in [7, 11) is 0. The van der Waals surface area contributed by atoms with Crippen LogP contribution in [0, 0.1) is 18.3 Å². The predicted octanol–water partition coefficient (Wildman–Crippen LogP) is 2.98. The quantitative estimate of drug-likeness (QED) is 0.776. The van der Waals surface area contributed by atoms with Crippen molar-refractivity contribution in [3.63, 3.8) is 0 Å². The Morgan fingerprint density at radius 2 is 2.00 bits per heavy atom. The van der Waals surface area contributed by atoms with E-state index in [0.717, 1.165) is 25.7 Å². The summed E-state index contributed by atoms with van der Waals surface area (Å²) in [6.45, 7) is 2.70. The molecule has 25 heavy (non-hydrogen) atoms. The average Bonchev–Trinajstić information content (AvgIpc) is 2.63. The minimum absolute atomic E-state index is 0.203. The van der Waals surface area contributed by atoms with E-state index in [2.05, 4.69) is 45.7 Å². The van der Waals surface area contributed by atoms with Crippen molar-refractivity contribution in [3.8, 4) is 6.07 Å². The SMILES string of the molecule is Cc1ccccc1CNc1ncc(C#N)c(NC2CCC(O)CC2)n1. The van der Waals surface area contributed by atoms with Crippen molar-refractivity contribution in [3.05, 3.63) is 47.2 Å². The Labute approximate surface area is 147 Å². The zero-order valence-electron chi connectivity index (χ0n) is 14.4. The highest BCUT2D eigenvalue weighted by Gasteiger charge is 2.20. The first kappa shape index (κ1) is 17.2. The molecule has 1 aromatic heterocycles. The Bertz CT molecular complexity index is 763. The number of anilines is 2. The Morgan fingerprint density at radius 3 is 2.72 bits per heavy atom. The first-order valence-corrected chi connectivity index (χ1v) is 8.66. The third-order valence-electron chi connectivity index (χ3n) is 4.64. The third kappa shape index (κ3) is 4.46. The van der Waals surface area contributed by atoms with E-state index in [1.54, 1.807) is 6.20 Å². The number of hydrogen-bond acceptors (Lipinski definition) is 6. The molecule has 6 nitrogen and oxygen atoms in total. The van der Waals surface area contributed by atoms with Gasteiger partial charge in [0.05, 0.1) is 12.3 Å². The van der Waals surface area contributed by atoms with Gasteiger partial charge in [0.15, 0.2) is 0 Å². The summed E-state index contributed by atoms with van der Waals surface area (Å²) in [5, 5.41) is 25.5. The predicted molar refractivity (Wildman–Crippen MR) is 97.1 cm³/mol. The van der Waals surface area contributed by atoms with Gasteiger partial charge in [-0.3, -0.25) is 0 Å². The Morgan fingerprint density at radius 1 is 1.24 bits per heavy atom. The number of rotatable bonds is 5. The number of nitrogens with zero attached hydrogens (tertiary/aromatic N) is 3. The lowest BCUT2D eigenvalue weighted by Gasteiger charge is -2.26. The lowest BCUT2D eigenvalue weighted by molar-refractivity contribution is 0.126. The number of aliphatic hydroxyl groups is 1. The fourth-order valence-electron chi connectivity index (χ4n) is 3.06. The number of benzene rings is 1. The standard InChI is InChI=1S/C19H23N5O/c1-13-4-2-3-5-14(13)11-21-19-22-12-15(10-20)18(24-19)23-16-6-8-17(25)9-7-16/h2-5,12,16-17,25H,6-9,11H2,1H3,(H2,21,22,23,24). The summed E-state index contributed by atoms with van der Waals surface area (Å²) < 4.78 is 0. The van der Waals surface area contributed by atoms with Crippen LogP contribution < -0.4 is 10.6 Å². The summed E-state index contributed by atoms with van der Waals surface area (Å²) in [6.07, 6.45) is 4.66. The maximum Gasteiger partial charge on any atom is 0.224 e. The molecule has 0 unspecified atom stereocenters. The lowest BCUT2D eigenvalue weighted by atomic mass is 9.93. The van der Waals surface area contributed by atoms with E-state index in [1.165, 1.54) is 11.1 Å². The van der Waals surface area contributed by atoms with E-state index in [0.29, 0.717) is 23.9 Å². The Kier molecular flexibility index (Phi) is 5.46. The van der Waals surface area contributed by atoms with Crippen LogP contribution >= 0.6 is 0 Å². The molecule has 130 valence electrons. The third-order valence-corrected chi connectivity index (χ3v) is 4.64. The van der Waals surface area contributed by atoms with E-state index in [9.17, 15) is 10.4 Å². The molecule has 0 radical (unpaired) electrons. The van der Waals surface area contributed by atoms with E-state index < -0.39 is 0 Å². The molecule has 6 heteroatoms. The molecule has 1 saturated carbocycles. The van der Waals surface area contributed by atoms with Crippen LogP contribution in [0.4, 0.5) is 11.8 Å². The molecule has 0 atom stereocenters. The number of hydrogen-bond donors (Lipinski definition) is 3. The van der Waals surface area contributed by atoms with Crippen LogP contribution in [0.5, 0.6) is 0 Å². The molecule has 1 aromatic carbocycles. The second kappa shape index (κ2) is 7.95. The Hall–Kier alpha value is -2.65. The van der Waals surface area contributed by atoms with Crippen molar-refractivity contribution < 1.29 is 5.11 Å². The fraction of sp³-hybridized carbons (Fsp3) is 0.421. The van der Waals surface area contributed by atoms with Gasteiger partial charge in [-0.1, -0.05) is 24.3 Å². The van der Waals surface area contributed by atoms with Gasteiger partial charge in [0.1, 0.15) is 17.5 Å². The molecule has 0 saturated heterocycles. The number of aliphatic hydroxyl groups excluding tert-OH is 1. The van der Waals surface area contributed by atoms with Crippen molar-refractivity contribution in [2.24, 2.45) is 0 Å². The van der Waals surface area contributed by atoms with Crippen LogP contribution in [0.3, 0.4) is 0 Å². The number of nitrogens with one attached hydrogen (secondary N) is 2. The lowest BCUT2D eigenvalue weighted by Crippen LogP contribution is -2.29. The zero-order chi connectivity index (χ0) is 17.6. The van der Waals surface area contributed by atoms with Crippen LogP contribution in [0.2, 0.25) is 0 Å². The first-order valence-electron chi connectivity index (χ1n) is 8.66. The monoisotopic (exact) mass is 337 g/mol. The van der Waals surface area contributed by atoms with Crippen molar-refractivity contribution in [2.75, 3.05) is 10.6 Å². The van der Waals surface area contributed by atoms with Crippen LogP contribution in [0.25, 0.3) is 0 Å². The molecular formula is C19H23N5O. The highest BCUT2D eigenvalue weighted by atomic mass is 16.3. The van der Waals surface area contributed by atoms with Crippen molar-refractivity contribution >= 4 is 11.8 Å². The second-order valence-electron chi connectivity index (χ2n) is 6.50. The van der Waals surface area contributed by atoms with Gasteiger partial charge in [0, 0.05) is 12.6 Å². The highest BCUT2D eigenvalue weighted by molar-refractivity contribution is 5.54. The molecule has 1 fully saturated rings. The maximum atomic E-state index is 9.62. The smallest absolute Gasteiger partial charge is 0.224 e. The summed E-state index contributed by atoms with van der Waals surface area (Å²) in [5.74, 6) is 1.06. The molecule has 1 aliphatic carbocycles. The second-order valence-corrected chi connectivity index (χ2v) is 6.50. The zero-order valence-corrected chi connectivity index (χ0v) is 14.4. The van der Waals surface area contributed by atoms with E-state index in [1.807, 2.05) is 12.1 Å². The molecule has 0 spiro atoms. The average molecular weight is 337 g/mol. The first-order chi connectivity index (χ1) is 12.2. The van der Waals surface area contributed by atoms with E-state index >= 15 is 0 Å². The van der Waals surface area contributed by atoms with Crippen molar-refractivity contribution in [1.82, 2.24) is 9.97 Å². The Balaban J connectivity index is 1.69. The van der Waals surface area contributed by atoms with Crippen LogP contribution in [-0.4, -0.2) is 27.2 Å². The molecule has 0 bridgehead atoms. The topological polar surface area (TPSA) is 93.9 Å². The molecule has 3 rings (SSSR count). The van der Waals surface area contributed by atoms with Crippen LogP contribution in [0.1, 0.15) is 42.4 Å². The minimum atomic E-state index is -0.203. The maximum absolute atomic E-state index is 9.62. The summed E-state index contributed by atoms with van der Waals surface area (Å²) in [4.78, 5) is 8.72. The molecule has 2 aromatic rings. The molecular weight excluding hydrogens is 314 g/mol. The van der Waals surface area contributed by atoms with E-state index in [-0.39, 0.29) is 12.1 Å². The summed E-state index contributed by atoms with van der Waals surface area (Å²) in [6, 6.07) is 10.5. The van der Waals surface area contributed by atoms with Gasteiger partial charge >= 0.3 is 0 Å². The van der Waals surface area contributed by atoms with Gasteiger partial charge in [-0.15, -0.1) is 0 Å². The summed E-state index contributed by atoms with van der Waals surface area (Å²) in [5.41, 5.74) is 2.83. The molecule has 1 aliphatic rings. The van der Waals surface area contributed by atoms with Crippen LogP contribution in [-0.2, 0) is 6.54 Å².